The Labute approximate surface area is 67.2 Å². The third-order valence-corrected chi connectivity index (χ3v) is 2.26. The van der Waals surface area contributed by atoms with E-state index >= 15 is 0 Å². The summed E-state index contributed by atoms with van der Waals surface area (Å²) >= 11 is 0. The first-order chi connectivity index (χ1) is 5.36. The van der Waals surface area contributed by atoms with Crippen molar-refractivity contribution in [2.75, 3.05) is 7.05 Å². The second-order valence-corrected chi connectivity index (χ2v) is 3.37. The highest BCUT2D eigenvalue weighted by Crippen LogP contribution is 2.26. The normalized spacial score (nSPS) is 17.6. The molecule has 1 heterocycles. The molecule has 1 aromatic heterocycles. The number of nitrogens with one attached hydrogen (secondary N) is 1. The van der Waals surface area contributed by atoms with Gasteiger partial charge < -0.3 is 4.98 Å². The van der Waals surface area contributed by atoms with Gasteiger partial charge in [0.15, 0.2) is 0 Å². The highest BCUT2D eigenvalue weighted by Gasteiger charge is 2.25. The van der Waals surface area contributed by atoms with Gasteiger partial charge in [-0.2, -0.15) is 0 Å². The molecule has 0 radical (unpaired) electrons. The first-order valence-corrected chi connectivity index (χ1v) is 4.18. The van der Waals surface area contributed by atoms with Gasteiger partial charge in [-0.3, -0.25) is 4.90 Å². The van der Waals surface area contributed by atoms with Crippen LogP contribution in [0.25, 0.3) is 0 Å². The number of nitrogens with zero attached hydrogens (tertiary/aromatic N) is 1. The van der Waals surface area contributed by atoms with Crippen LogP contribution in [-0.2, 0) is 6.54 Å². The van der Waals surface area contributed by atoms with E-state index in [9.17, 15) is 0 Å². The van der Waals surface area contributed by atoms with Crippen molar-refractivity contribution in [2.24, 2.45) is 0 Å². The minimum atomic E-state index is 0.866. The van der Waals surface area contributed by atoms with Gasteiger partial charge in [0.1, 0.15) is 0 Å². The summed E-state index contributed by atoms with van der Waals surface area (Å²) in [5.74, 6) is 0. The zero-order valence-corrected chi connectivity index (χ0v) is 6.88. The molecule has 2 rings (SSSR count). The lowest BCUT2D eigenvalue weighted by molar-refractivity contribution is 0.316. The highest BCUT2D eigenvalue weighted by atomic mass is 15.1. The monoisotopic (exact) mass is 150 g/mol. The van der Waals surface area contributed by atoms with Crippen molar-refractivity contribution in [2.45, 2.75) is 25.4 Å². The molecule has 11 heavy (non-hydrogen) atoms. The number of hydrogen-bond acceptors (Lipinski definition) is 1. The van der Waals surface area contributed by atoms with Crippen LogP contribution < -0.4 is 0 Å². The Bertz CT molecular complexity index is 211. The summed E-state index contributed by atoms with van der Waals surface area (Å²) in [6, 6.07) is 3.00. The molecule has 1 aromatic rings. The van der Waals surface area contributed by atoms with Crippen molar-refractivity contribution >= 4 is 0 Å². The topological polar surface area (TPSA) is 19.0 Å². The minimum Gasteiger partial charge on any atom is -0.367 e. The number of H-pyrrole nitrogens is 1. The Morgan fingerprint density at radius 2 is 2.45 bits per heavy atom. The summed E-state index contributed by atoms with van der Waals surface area (Å²) in [6.45, 7) is 1.09. The molecule has 1 saturated carbocycles. The molecule has 0 spiro atoms. The van der Waals surface area contributed by atoms with Gasteiger partial charge in [0, 0.05) is 25.0 Å². The summed E-state index contributed by atoms with van der Waals surface area (Å²) in [4.78, 5) is 5.49. The van der Waals surface area contributed by atoms with Crippen LogP contribution in [0, 0.1) is 0 Å². The van der Waals surface area contributed by atoms with E-state index in [0.29, 0.717) is 0 Å². The van der Waals surface area contributed by atoms with Gasteiger partial charge in [0.2, 0.25) is 0 Å². The van der Waals surface area contributed by atoms with Crippen LogP contribution in [0.4, 0.5) is 0 Å². The fourth-order valence-electron chi connectivity index (χ4n) is 1.39. The quantitative estimate of drug-likeness (QED) is 0.693. The first-order valence-electron chi connectivity index (χ1n) is 4.18. The summed E-state index contributed by atoms with van der Waals surface area (Å²) in [5.41, 5.74) is 1.39. The molecule has 0 aromatic carbocycles. The van der Waals surface area contributed by atoms with Crippen LogP contribution in [0.2, 0.25) is 0 Å². The van der Waals surface area contributed by atoms with Crippen LogP contribution >= 0.6 is 0 Å². The van der Waals surface area contributed by atoms with E-state index < -0.39 is 0 Å². The van der Waals surface area contributed by atoms with Crippen LogP contribution in [0.3, 0.4) is 0 Å². The van der Waals surface area contributed by atoms with E-state index in [1.807, 2.05) is 6.20 Å². The van der Waals surface area contributed by atoms with Gasteiger partial charge in [0.25, 0.3) is 0 Å². The summed E-state index contributed by atoms with van der Waals surface area (Å²) < 4.78 is 0. The van der Waals surface area contributed by atoms with Crippen molar-refractivity contribution in [3.05, 3.63) is 24.0 Å². The fourth-order valence-corrected chi connectivity index (χ4v) is 1.39. The molecular weight excluding hydrogens is 136 g/mol. The van der Waals surface area contributed by atoms with Crippen molar-refractivity contribution in [3.63, 3.8) is 0 Å². The van der Waals surface area contributed by atoms with Crippen molar-refractivity contribution in [3.8, 4) is 0 Å². The molecule has 0 bridgehead atoms. The zero-order valence-electron chi connectivity index (χ0n) is 6.88. The number of aromatic amines is 1. The minimum absolute atomic E-state index is 0.866. The average molecular weight is 150 g/mol. The molecule has 0 unspecified atom stereocenters. The molecule has 0 saturated heterocycles. The molecule has 2 nitrogen and oxygen atoms in total. The molecule has 60 valence electrons. The Morgan fingerprint density at radius 3 is 3.00 bits per heavy atom. The highest BCUT2D eigenvalue weighted by molar-refractivity contribution is 5.08. The Balaban J connectivity index is 1.89. The van der Waals surface area contributed by atoms with E-state index in [0.717, 1.165) is 12.6 Å². The molecule has 0 amide bonds. The first kappa shape index (κ1) is 6.92. The third kappa shape index (κ3) is 1.63. The van der Waals surface area contributed by atoms with Gasteiger partial charge in [0.05, 0.1) is 0 Å². The molecule has 1 fully saturated rings. The predicted octanol–water partition coefficient (Wildman–Crippen LogP) is 1.61. The van der Waals surface area contributed by atoms with Gasteiger partial charge in [-0.05, 0) is 31.5 Å². The fraction of sp³-hybridized carbons (Fsp3) is 0.556. The second-order valence-electron chi connectivity index (χ2n) is 3.37. The Hall–Kier alpha value is -0.760. The summed E-state index contributed by atoms with van der Waals surface area (Å²) in [5, 5.41) is 0. The third-order valence-electron chi connectivity index (χ3n) is 2.26. The van der Waals surface area contributed by atoms with E-state index in [1.165, 1.54) is 18.4 Å². The molecule has 1 aliphatic carbocycles. The van der Waals surface area contributed by atoms with Crippen LogP contribution in [0.5, 0.6) is 0 Å². The lowest BCUT2D eigenvalue weighted by atomic mass is 10.3. The lowest BCUT2D eigenvalue weighted by Crippen LogP contribution is -2.19. The maximum Gasteiger partial charge on any atom is 0.0248 e. The molecule has 0 aliphatic heterocycles. The molecule has 0 atom stereocenters. The number of hydrogen-bond donors (Lipinski definition) is 1. The van der Waals surface area contributed by atoms with E-state index in [-0.39, 0.29) is 0 Å². The number of rotatable bonds is 3. The van der Waals surface area contributed by atoms with Gasteiger partial charge >= 0.3 is 0 Å². The molecule has 2 heteroatoms. The zero-order chi connectivity index (χ0) is 7.68. The Kier molecular flexibility index (Phi) is 1.70. The SMILES string of the molecule is CN(Cc1cc[nH]c1)C1CC1. The lowest BCUT2D eigenvalue weighted by Gasteiger charge is -2.13. The molecule has 1 aliphatic rings. The van der Waals surface area contributed by atoms with Crippen molar-refractivity contribution in [1.29, 1.82) is 0 Å². The maximum absolute atomic E-state index is 3.07. The second kappa shape index (κ2) is 2.70. The van der Waals surface area contributed by atoms with E-state index in [1.54, 1.807) is 0 Å². The molecule has 1 N–H and O–H groups in total. The van der Waals surface area contributed by atoms with E-state index in [4.69, 9.17) is 0 Å². The van der Waals surface area contributed by atoms with Crippen LogP contribution in [0.15, 0.2) is 18.5 Å². The molecular formula is C9H14N2. The largest absolute Gasteiger partial charge is 0.367 e. The van der Waals surface area contributed by atoms with E-state index in [2.05, 4.69) is 29.2 Å². The standard InChI is InChI=1S/C9H14N2/c1-11(9-2-3-9)7-8-4-5-10-6-8/h4-6,9-10H,2-3,7H2,1H3. The van der Waals surface area contributed by atoms with Crippen LogP contribution in [0.1, 0.15) is 18.4 Å². The predicted molar refractivity (Wildman–Crippen MR) is 45.3 cm³/mol. The van der Waals surface area contributed by atoms with Crippen molar-refractivity contribution < 1.29 is 0 Å². The number of aromatic nitrogens is 1. The Morgan fingerprint density at radius 1 is 1.64 bits per heavy atom. The van der Waals surface area contributed by atoms with Crippen LogP contribution in [-0.4, -0.2) is 23.0 Å². The van der Waals surface area contributed by atoms with Gasteiger partial charge in [-0.15, -0.1) is 0 Å². The smallest absolute Gasteiger partial charge is 0.0248 e. The van der Waals surface area contributed by atoms with Crippen molar-refractivity contribution in [1.82, 2.24) is 9.88 Å². The van der Waals surface area contributed by atoms with Gasteiger partial charge in [-0.25, -0.2) is 0 Å². The average Bonchev–Trinajstić information content (AvgIpc) is 2.73. The van der Waals surface area contributed by atoms with Gasteiger partial charge in [-0.1, -0.05) is 0 Å². The summed E-state index contributed by atoms with van der Waals surface area (Å²) in [6.07, 6.45) is 6.83. The summed E-state index contributed by atoms with van der Waals surface area (Å²) in [7, 11) is 2.20. The maximum atomic E-state index is 3.07.